The summed E-state index contributed by atoms with van der Waals surface area (Å²) in [5.74, 6) is 0. The summed E-state index contributed by atoms with van der Waals surface area (Å²) in [6.07, 6.45) is 4.22. The van der Waals surface area contributed by atoms with Crippen LogP contribution in [0.25, 0.3) is 0 Å². The standard InChI is InChI=1S/C4H3ClN2OP/c5-9(8)4-1-6-3-7-2-4/h1-3H/q+1. The van der Waals surface area contributed by atoms with Gasteiger partial charge in [-0.3, -0.25) is 0 Å². The van der Waals surface area contributed by atoms with Crippen LogP contribution in [0.5, 0.6) is 0 Å². The predicted molar refractivity (Wildman–Crippen MR) is 35.1 cm³/mol. The molecular weight excluding hydrogens is 158 g/mol. The monoisotopic (exact) mass is 161 g/mol. The van der Waals surface area contributed by atoms with Gasteiger partial charge >= 0.3 is 7.15 Å². The first-order chi connectivity index (χ1) is 4.30. The summed E-state index contributed by atoms with van der Waals surface area (Å²) in [5.41, 5.74) is 0. The Hall–Kier alpha value is -0.530. The Kier molecular flexibility index (Phi) is 2.09. The number of aromatic nitrogens is 2. The Morgan fingerprint density at radius 1 is 1.44 bits per heavy atom. The fourth-order valence-corrected chi connectivity index (χ4v) is 0.959. The molecule has 1 unspecified atom stereocenters. The number of halogens is 1. The maximum absolute atomic E-state index is 10.5. The van der Waals surface area contributed by atoms with Gasteiger partial charge in [0.2, 0.25) is 16.5 Å². The molecule has 0 saturated carbocycles. The van der Waals surface area contributed by atoms with E-state index in [1.54, 1.807) is 0 Å². The smallest absolute Gasteiger partial charge is 0.240 e. The highest BCUT2D eigenvalue weighted by molar-refractivity contribution is 7.80. The fourth-order valence-electron chi connectivity index (χ4n) is 0.382. The largest absolute Gasteiger partial charge is 0.497 e. The lowest BCUT2D eigenvalue weighted by Crippen LogP contribution is -1.94. The molecule has 0 fully saturated rings. The third-order valence-electron chi connectivity index (χ3n) is 0.750. The second kappa shape index (κ2) is 2.85. The molecule has 0 aliphatic rings. The van der Waals surface area contributed by atoms with Gasteiger partial charge in [-0.05, 0) is 4.57 Å². The molecule has 0 amide bonds. The summed E-state index contributed by atoms with van der Waals surface area (Å²) in [6, 6.07) is 0. The lowest BCUT2D eigenvalue weighted by molar-refractivity contribution is 0.600. The van der Waals surface area contributed by atoms with Gasteiger partial charge in [0.05, 0.1) is 12.4 Å². The van der Waals surface area contributed by atoms with Crippen molar-refractivity contribution in [3.8, 4) is 0 Å². The van der Waals surface area contributed by atoms with E-state index in [2.05, 4.69) is 9.97 Å². The van der Waals surface area contributed by atoms with Crippen molar-refractivity contribution in [2.24, 2.45) is 0 Å². The SMILES string of the molecule is O=[P+](Cl)c1cncnc1. The zero-order valence-electron chi connectivity index (χ0n) is 4.36. The van der Waals surface area contributed by atoms with Crippen molar-refractivity contribution in [2.45, 2.75) is 0 Å². The van der Waals surface area contributed by atoms with E-state index in [1.807, 2.05) is 0 Å². The first-order valence-electron chi connectivity index (χ1n) is 2.19. The first kappa shape index (κ1) is 6.59. The van der Waals surface area contributed by atoms with Crippen molar-refractivity contribution in [3.05, 3.63) is 18.7 Å². The Morgan fingerprint density at radius 3 is 2.33 bits per heavy atom. The van der Waals surface area contributed by atoms with E-state index in [9.17, 15) is 4.57 Å². The van der Waals surface area contributed by atoms with Crippen LogP contribution >= 0.6 is 18.4 Å². The molecule has 5 heteroatoms. The fraction of sp³-hybridized carbons (Fsp3) is 0. The predicted octanol–water partition coefficient (Wildman–Crippen LogP) is 1.08. The molecule has 0 N–H and O–H groups in total. The van der Waals surface area contributed by atoms with E-state index < -0.39 is 7.15 Å². The molecule has 0 saturated heterocycles. The van der Waals surface area contributed by atoms with E-state index in [1.165, 1.54) is 18.7 Å². The Balaban J connectivity index is 2.98. The topological polar surface area (TPSA) is 42.9 Å². The highest BCUT2D eigenvalue weighted by Gasteiger charge is 2.15. The van der Waals surface area contributed by atoms with Crippen LogP contribution in [0.4, 0.5) is 0 Å². The van der Waals surface area contributed by atoms with Gasteiger partial charge in [0, 0.05) is 0 Å². The minimum atomic E-state index is -1.80. The summed E-state index contributed by atoms with van der Waals surface area (Å²) < 4.78 is 10.5. The molecule has 0 aliphatic carbocycles. The highest BCUT2D eigenvalue weighted by atomic mass is 35.7. The third-order valence-corrected chi connectivity index (χ3v) is 1.97. The van der Waals surface area contributed by atoms with Crippen molar-refractivity contribution >= 4 is 23.7 Å². The van der Waals surface area contributed by atoms with Crippen LogP contribution in [0.1, 0.15) is 0 Å². The van der Waals surface area contributed by atoms with Crippen molar-refractivity contribution in [1.82, 2.24) is 9.97 Å². The number of rotatable bonds is 1. The number of hydrogen-bond donors (Lipinski definition) is 0. The molecule has 1 heterocycles. The van der Waals surface area contributed by atoms with E-state index in [-0.39, 0.29) is 0 Å². The molecule has 3 nitrogen and oxygen atoms in total. The van der Waals surface area contributed by atoms with Gasteiger partial charge in [0.1, 0.15) is 6.33 Å². The summed E-state index contributed by atoms with van der Waals surface area (Å²) in [7, 11) is -1.80. The highest BCUT2D eigenvalue weighted by Crippen LogP contribution is 2.23. The summed E-state index contributed by atoms with van der Waals surface area (Å²) in [4.78, 5) is 7.25. The van der Waals surface area contributed by atoms with Crippen molar-refractivity contribution in [2.75, 3.05) is 0 Å². The molecular formula is C4H3ClN2OP+. The van der Waals surface area contributed by atoms with Gasteiger partial charge in [0.25, 0.3) is 0 Å². The van der Waals surface area contributed by atoms with Crippen LogP contribution < -0.4 is 5.30 Å². The molecule has 9 heavy (non-hydrogen) atoms. The second-order valence-corrected chi connectivity index (χ2v) is 3.27. The lowest BCUT2D eigenvalue weighted by Gasteiger charge is -1.76. The maximum Gasteiger partial charge on any atom is 0.497 e. The molecule has 0 aliphatic heterocycles. The summed E-state index contributed by atoms with van der Waals surface area (Å²) in [5, 5.41) is 0.467. The van der Waals surface area contributed by atoms with Crippen molar-refractivity contribution in [3.63, 3.8) is 0 Å². The molecule has 0 spiro atoms. The molecule has 1 atom stereocenters. The average Bonchev–Trinajstić information content (AvgIpc) is 1.90. The molecule has 0 bridgehead atoms. The Morgan fingerprint density at radius 2 is 2.00 bits per heavy atom. The van der Waals surface area contributed by atoms with Crippen LogP contribution in [0.3, 0.4) is 0 Å². The lowest BCUT2D eigenvalue weighted by atomic mass is 10.7. The third kappa shape index (κ3) is 1.70. The average molecular weight is 162 g/mol. The zero-order valence-corrected chi connectivity index (χ0v) is 6.01. The molecule has 46 valence electrons. The Bertz CT molecular complexity index is 215. The van der Waals surface area contributed by atoms with Crippen molar-refractivity contribution < 1.29 is 4.57 Å². The molecule has 1 rings (SSSR count). The van der Waals surface area contributed by atoms with Gasteiger partial charge in [-0.2, -0.15) is 0 Å². The minimum Gasteiger partial charge on any atom is -0.240 e. The van der Waals surface area contributed by atoms with Crippen LogP contribution in [-0.2, 0) is 4.57 Å². The molecule has 1 aromatic heterocycles. The zero-order chi connectivity index (χ0) is 6.69. The number of nitrogens with zero attached hydrogens (tertiary/aromatic N) is 2. The van der Waals surface area contributed by atoms with Crippen molar-refractivity contribution in [1.29, 1.82) is 0 Å². The maximum atomic E-state index is 10.5. The summed E-state index contributed by atoms with van der Waals surface area (Å²) >= 11 is 5.23. The van der Waals surface area contributed by atoms with Crippen LogP contribution in [0, 0.1) is 0 Å². The van der Waals surface area contributed by atoms with Crippen LogP contribution in [0.2, 0.25) is 0 Å². The van der Waals surface area contributed by atoms with Gasteiger partial charge in [-0.15, -0.1) is 0 Å². The van der Waals surface area contributed by atoms with Gasteiger partial charge in [-0.25, -0.2) is 9.97 Å². The number of hydrogen-bond acceptors (Lipinski definition) is 3. The van der Waals surface area contributed by atoms with E-state index in [4.69, 9.17) is 11.2 Å². The molecule has 0 radical (unpaired) electrons. The minimum absolute atomic E-state index is 0.467. The molecule has 0 aromatic carbocycles. The van der Waals surface area contributed by atoms with Gasteiger partial charge in [0.15, 0.2) is 0 Å². The van der Waals surface area contributed by atoms with Gasteiger partial charge < -0.3 is 0 Å². The van der Waals surface area contributed by atoms with E-state index >= 15 is 0 Å². The summed E-state index contributed by atoms with van der Waals surface area (Å²) in [6.45, 7) is 0. The van der Waals surface area contributed by atoms with E-state index in [0.717, 1.165) is 0 Å². The quantitative estimate of drug-likeness (QED) is 0.579. The normalized spacial score (nSPS) is 11.0. The van der Waals surface area contributed by atoms with Crippen LogP contribution in [0.15, 0.2) is 18.7 Å². The van der Waals surface area contributed by atoms with Crippen LogP contribution in [-0.4, -0.2) is 9.97 Å². The molecule has 1 aromatic rings. The van der Waals surface area contributed by atoms with Gasteiger partial charge in [-0.1, -0.05) is 0 Å². The first-order valence-corrected chi connectivity index (χ1v) is 4.35. The second-order valence-electron chi connectivity index (χ2n) is 1.34. The van der Waals surface area contributed by atoms with E-state index in [0.29, 0.717) is 5.30 Å². The Labute approximate surface area is 57.7 Å².